The highest BCUT2D eigenvalue weighted by Gasteiger charge is 2.16. The molecule has 0 saturated carbocycles. The number of imidazole rings is 1. The quantitative estimate of drug-likeness (QED) is 0.419. The van der Waals surface area contributed by atoms with Gasteiger partial charge in [0.2, 0.25) is 5.95 Å². The van der Waals surface area contributed by atoms with Crippen molar-refractivity contribution in [2.75, 3.05) is 5.32 Å². The lowest BCUT2D eigenvalue weighted by atomic mass is 10.0. The summed E-state index contributed by atoms with van der Waals surface area (Å²) in [6, 6.07) is 19.1. The van der Waals surface area contributed by atoms with Gasteiger partial charge < -0.3 is 15.4 Å². The number of hydrogen-bond acceptors (Lipinski definition) is 3. The summed E-state index contributed by atoms with van der Waals surface area (Å²) in [7, 11) is 0. The Labute approximate surface area is 167 Å². The van der Waals surface area contributed by atoms with E-state index in [9.17, 15) is 9.90 Å². The fraction of sp³-hybridized carbons (Fsp3) is 0.0909. The van der Waals surface area contributed by atoms with Crippen molar-refractivity contribution in [2.24, 2.45) is 0 Å². The number of benzene rings is 3. The van der Waals surface area contributed by atoms with Crippen molar-refractivity contribution < 1.29 is 9.90 Å². The summed E-state index contributed by atoms with van der Waals surface area (Å²) >= 11 is 6.38. The van der Waals surface area contributed by atoms with Crippen molar-refractivity contribution >= 4 is 34.6 Å². The summed E-state index contributed by atoms with van der Waals surface area (Å²) in [6.07, 6.45) is 0. The fourth-order valence-electron chi connectivity index (χ4n) is 3.16. The Morgan fingerprint density at radius 2 is 1.93 bits per heavy atom. The molecule has 28 heavy (non-hydrogen) atoms. The lowest BCUT2D eigenvalue weighted by Gasteiger charge is -2.07. The lowest BCUT2D eigenvalue weighted by Crippen LogP contribution is -2.01. The van der Waals surface area contributed by atoms with E-state index >= 15 is 0 Å². The Hall–Kier alpha value is -3.31. The molecule has 5 nitrogen and oxygen atoms in total. The van der Waals surface area contributed by atoms with Crippen molar-refractivity contribution in [2.45, 2.75) is 13.5 Å². The van der Waals surface area contributed by atoms with Gasteiger partial charge in [-0.25, -0.2) is 9.78 Å². The van der Waals surface area contributed by atoms with Crippen LogP contribution in [0.25, 0.3) is 22.2 Å². The number of hydrogen-bond donors (Lipinski definition) is 3. The van der Waals surface area contributed by atoms with Gasteiger partial charge >= 0.3 is 5.97 Å². The molecule has 0 fully saturated rings. The van der Waals surface area contributed by atoms with Crippen LogP contribution in [-0.4, -0.2) is 21.0 Å². The SMILES string of the molecule is Cc1ccc(-c2cc(C(=O)O)c3nc(NCc4ccccc4)[nH]c3c2)c(Cl)c1. The summed E-state index contributed by atoms with van der Waals surface area (Å²) in [6.45, 7) is 2.54. The van der Waals surface area contributed by atoms with Crippen LogP contribution in [0.5, 0.6) is 0 Å². The topological polar surface area (TPSA) is 78.0 Å². The molecule has 140 valence electrons. The van der Waals surface area contributed by atoms with E-state index in [1.807, 2.05) is 61.5 Å². The summed E-state index contributed by atoms with van der Waals surface area (Å²) in [5.41, 5.74) is 4.85. The van der Waals surface area contributed by atoms with Gasteiger partial charge in [0, 0.05) is 17.1 Å². The second kappa shape index (κ2) is 7.37. The molecule has 0 unspecified atom stereocenters. The predicted molar refractivity (Wildman–Crippen MR) is 112 cm³/mol. The van der Waals surface area contributed by atoms with Crippen LogP contribution in [0.2, 0.25) is 5.02 Å². The smallest absolute Gasteiger partial charge is 0.338 e. The Morgan fingerprint density at radius 3 is 2.64 bits per heavy atom. The summed E-state index contributed by atoms with van der Waals surface area (Å²) in [4.78, 5) is 19.4. The van der Waals surface area contributed by atoms with Gasteiger partial charge in [-0.05, 0) is 41.8 Å². The zero-order valence-corrected chi connectivity index (χ0v) is 15.9. The van der Waals surface area contributed by atoms with Gasteiger partial charge in [0.1, 0.15) is 5.52 Å². The summed E-state index contributed by atoms with van der Waals surface area (Å²) < 4.78 is 0. The molecule has 3 N–H and O–H groups in total. The van der Waals surface area contributed by atoms with E-state index < -0.39 is 5.97 Å². The van der Waals surface area contributed by atoms with Crippen molar-refractivity contribution in [3.63, 3.8) is 0 Å². The minimum Gasteiger partial charge on any atom is -0.478 e. The molecule has 3 aromatic carbocycles. The summed E-state index contributed by atoms with van der Waals surface area (Å²) in [5.74, 6) is -0.510. The molecule has 0 aliphatic carbocycles. The number of aryl methyl sites for hydroxylation is 1. The number of carbonyl (C=O) groups is 1. The van der Waals surface area contributed by atoms with Crippen LogP contribution in [0.1, 0.15) is 21.5 Å². The maximum absolute atomic E-state index is 11.8. The number of carboxylic acid groups (broad SMARTS) is 1. The molecule has 0 aliphatic rings. The molecule has 0 amide bonds. The third-order valence-corrected chi connectivity index (χ3v) is 4.87. The van der Waals surface area contributed by atoms with Gasteiger partial charge in [-0.1, -0.05) is 54.1 Å². The van der Waals surface area contributed by atoms with Crippen LogP contribution in [0.15, 0.2) is 60.7 Å². The van der Waals surface area contributed by atoms with Gasteiger partial charge in [0.15, 0.2) is 0 Å². The van der Waals surface area contributed by atoms with Crippen molar-refractivity contribution in [3.05, 3.63) is 82.4 Å². The molecule has 4 rings (SSSR count). The number of halogens is 1. The van der Waals surface area contributed by atoms with Crippen LogP contribution in [0.4, 0.5) is 5.95 Å². The van der Waals surface area contributed by atoms with Crippen molar-refractivity contribution in [3.8, 4) is 11.1 Å². The zero-order chi connectivity index (χ0) is 19.7. The van der Waals surface area contributed by atoms with Crippen LogP contribution < -0.4 is 5.32 Å². The molecule has 4 aromatic rings. The molecular formula is C22H18ClN3O2. The third-order valence-electron chi connectivity index (χ3n) is 4.56. The van der Waals surface area contributed by atoms with Gasteiger partial charge in [-0.15, -0.1) is 0 Å². The molecule has 0 aliphatic heterocycles. The Morgan fingerprint density at radius 1 is 1.14 bits per heavy atom. The molecule has 0 radical (unpaired) electrons. The van der Waals surface area contributed by atoms with Crippen LogP contribution in [0.3, 0.4) is 0 Å². The average Bonchev–Trinajstić information content (AvgIpc) is 3.09. The van der Waals surface area contributed by atoms with E-state index in [0.717, 1.165) is 22.3 Å². The minimum absolute atomic E-state index is 0.133. The predicted octanol–water partition coefficient (Wildman–Crippen LogP) is 5.50. The highest BCUT2D eigenvalue weighted by Crippen LogP contribution is 2.32. The third kappa shape index (κ3) is 3.57. The van der Waals surface area contributed by atoms with Crippen LogP contribution in [0, 0.1) is 6.92 Å². The number of aromatic carboxylic acids is 1. The van der Waals surface area contributed by atoms with E-state index in [1.54, 1.807) is 6.07 Å². The molecule has 6 heteroatoms. The molecule has 0 bridgehead atoms. The van der Waals surface area contributed by atoms with Gasteiger partial charge in [-0.2, -0.15) is 0 Å². The fourth-order valence-corrected chi connectivity index (χ4v) is 3.50. The van der Waals surface area contributed by atoms with Gasteiger partial charge in [0.25, 0.3) is 0 Å². The molecule has 0 saturated heterocycles. The van der Waals surface area contributed by atoms with Gasteiger partial charge in [0.05, 0.1) is 11.1 Å². The number of anilines is 1. The number of aromatic amines is 1. The van der Waals surface area contributed by atoms with E-state index in [0.29, 0.717) is 28.5 Å². The zero-order valence-electron chi connectivity index (χ0n) is 15.2. The number of aromatic nitrogens is 2. The number of carboxylic acids is 1. The minimum atomic E-state index is -1.03. The first kappa shape index (κ1) is 18.1. The number of H-pyrrole nitrogens is 1. The van der Waals surface area contributed by atoms with E-state index in [1.165, 1.54) is 0 Å². The summed E-state index contributed by atoms with van der Waals surface area (Å²) in [5, 5.41) is 13.5. The first-order valence-electron chi connectivity index (χ1n) is 8.82. The Kier molecular flexibility index (Phi) is 4.75. The highest BCUT2D eigenvalue weighted by atomic mass is 35.5. The first-order valence-corrected chi connectivity index (χ1v) is 9.20. The largest absolute Gasteiger partial charge is 0.478 e. The van der Waals surface area contributed by atoms with Gasteiger partial charge in [-0.3, -0.25) is 0 Å². The molecule has 1 aromatic heterocycles. The number of fused-ring (bicyclic) bond motifs is 1. The molecule has 0 atom stereocenters. The molecule has 1 heterocycles. The monoisotopic (exact) mass is 391 g/mol. The van der Waals surface area contributed by atoms with E-state index in [-0.39, 0.29) is 5.56 Å². The Balaban J connectivity index is 1.74. The van der Waals surface area contributed by atoms with E-state index in [4.69, 9.17) is 11.6 Å². The van der Waals surface area contributed by atoms with Crippen LogP contribution in [-0.2, 0) is 6.54 Å². The number of nitrogens with one attached hydrogen (secondary N) is 2. The highest BCUT2D eigenvalue weighted by molar-refractivity contribution is 6.33. The molecular weight excluding hydrogens is 374 g/mol. The maximum atomic E-state index is 11.8. The Bertz CT molecular complexity index is 1170. The van der Waals surface area contributed by atoms with E-state index in [2.05, 4.69) is 15.3 Å². The molecule has 0 spiro atoms. The normalized spacial score (nSPS) is 10.9. The second-order valence-corrected chi connectivity index (χ2v) is 7.04. The first-order chi connectivity index (χ1) is 13.5. The van der Waals surface area contributed by atoms with Crippen LogP contribution >= 0.6 is 11.6 Å². The number of rotatable bonds is 5. The average molecular weight is 392 g/mol. The lowest BCUT2D eigenvalue weighted by molar-refractivity contribution is 0.0699. The standard InChI is InChI=1S/C22H18ClN3O2/c1-13-7-8-16(18(23)9-13)15-10-17(21(27)28)20-19(11-15)25-22(26-20)24-12-14-5-3-2-4-6-14/h2-11H,12H2,1H3,(H,27,28)(H2,24,25,26). The second-order valence-electron chi connectivity index (χ2n) is 6.63. The van der Waals surface area contributed by atoms with Crippen molar-refractivity contribution in [1.29, 1.82) is 0 Å². The number of nitrogens with zero attached hydrogens (tertiary/aromatic N) is 1. The van der Waals surface area contributed by atoms with Crippen molar-refractivity contribution in [1.82, 2.24) is 9.97 Å². The maximum Gasteiger partial charge on any atom is 0.338 e.